The Hall–Kier alpha value is -0.750. The number of hydrogen-bond acceptors (Lipinski definition) is 4. The number of hydrogen-bond donors (Lipinski definition) is 2. The van der Waals surface area contributed by atoms with Crippen molar-refractivity contribution in [3.8, 4) is 0 Å². The smallest absolute Gasteiger partial charge is 0.191 e. The van der Waals surface area contributed by atoms with E-state index >= 15 is 0 Å². The van der Waals surface area contributed by atoms with Crippen molar-refractivity contribution >= 4 is 29.5 Å². The summed E-state index contributed by atoms with van der Waals surface area (Å²) in [6.07, 6.45) is 10.7. The summed E-state index contributed by atoms with van der Waals surface area (Å²) >= 11 is 3.82. The highest BCUT2D eigenvalue weighted by atomic mass is 32.2. The Balaban J connectivity index is 1.78. The second-order valence-corrected chi connectivity index (χ2v) is 7.61. The normalized spacial score (nSPS) is 22.0. The molecule has 0 radical (unpaired) electrons. The molecule has 0 amide bonds. The van der Waals surface area contributed by atoms with Gasteiger partial charge in [-0.15, -0.1) is 0 Å². The Bertz CT molecular complexity index is 437. The summed E-state index contributed by atoms with van der Waals surface area (Å²) in [5.74, 6) is 3.02. The molecule has 1 aliphatic carbocycles. The van der Waals surface area contributed by atoms with Crippen molar-refractivity contribution in [3.05, 3.63) is 24.2 Å². The van der Waals surface area contributed by atoms with Crippen LogP contribution >= 0.6 is 23.5 Å². The van der Waals surface area contributed by atoms with E-state index in [9.17, 15) is 0 Å². The molecule has 1 aromatic rings. The lowest BCUT2D eigenvalue weighted by molar-refractivity contribution is 0.506. The fourth-order valence-corrected chi connectivity index (χ4v) is 3.71. The van der Waals surface area contributed by atoms with Gasteiger partial charge in [0.05, 0.1) is 12.8 Å². The third-order valence-electron chi connectivity index (χ3n) is 3.87. The topological polar surface area (TPSA) is 49.6 Å². The molecule has 2 atom stereocenters. The van der Waals surface area contributed by atoms with Gasteiger partial charge in [0.25, 0.3) is 0 Å². The average Bonchev–Trinajstić information content (AvgIpc) is 3.18. The van der Waals surface area contributed by atoms with Crippen molar-refractivity contribution in [1.82, 2.24) is 10.6 Å². The summed E-state index contributed by atoms with van der Waals surface area (Å²) in [5.41, 5.74) is 0. The van der Waals surface area contributed by atoms with Crippen LogP contribution in [0.3, 0.4) is 0 Å². The predicted octanol–water partition coefficient (Wildman–Crippen LogP) is 3.00. The van der Waals surface area contributed by atoms with Crippen molar-refractivity contribution in [1.29, 1.82) is 0 Å². The van der Waals surface area contributed by atoms with Crippen LogP contribution in [0.1, 0.15) is 25.0 Å². The Morgan fingerprint density at radius 2 is 2.32 bits per heavy atom. The van der Waals surface area contributed by atoms with Crippen molar-refractivity contribution in [2.24, 2.45) is 4.99 Å². The number of nitrogens with zero attached hydrogens (tertiary/aromatic N) is 1. The third-order valence-corrected chi connectivity index (χ3v) is 5.55. The van der Waals surface area contributed by atoms with Crippen LogP contribution in [0.4, 0.5) is 0 Å². The summed E-state index contributed by atoms with van der Waals surface area (Å²) in [7, 11) is 0. The quantitative estimate of drug-likeness (QED) is 0.432. The molecule has 22 heavy (non-hydrogen) atoms. The van der Waals surface area contributed by atoms with E-state index in [1.165, 1.54) is 19.3 Å². The molecule has 1 fully saturated rings. The number of thioether (sulfide) groups is 2. The first kappa shape index (κ1) is 17.6. The van der Waals surface area contributed by atoms with E-state index in [2.05, 4.69) is 28.1 Å². The fourth-order valence-electron chi connectivity index (χ4n) is 2.64. The molecule has 6 heteroatoms. The van der Waals surface area contributed by atoms with Gasteiger partial charge in [-0.1, -0.05) is 0 Å². The van der Waals surface area contributed by atoms with E-state index in [1.54, 1.807) is 6.26 Å². The van der Waals surface area contributed by atoms with Crippen molar-refractivity contribution < 1.29 is 4.42 Å². The first-order valence-electron chi connectivity index (χ1n) is 7.90. The van der Waals surface area contributed by atoms with Gasteiger partial charge in [0.15, 0.2) is 5.96 Å². The average molecular weight is 342 g/mol. The van der Waals surface area contributed by atoms with Gasteiger partial charge >= 0.3 is 0 Å². The van der Waals surface area contributed by atoms with E-state index < -0.39 is 0 Å². The second-order valence-electron chi connectivity index (χ2n) is 5.49. The van der Waals surface area contributed by atoms with Crippen LogP contribution in [0.25, 0.3) is 0 Å². The Kier molecular flexibility index (Phi) is 8.08. The predicted molar refractivity (Wildman–Crippen MR) is 99.2 cm³/mol. The number of furan rings is 1. The first-order valence-corrected chi connectivity index (χ1v) is 10.6. The van der Waals surface area contributed by atoms with Gasteiger partial charge in [-0.3, -0.25) is 4.99 Å². The lowest BCUT2D eigenvalue weighted by atomic mass is 10.2. The second kappa shape index (κ2) is 10.1. The van der Waals surface area contributed by atoms with E-state index in [0.717, 1.165) is 42.2 Å². The molecule has 1 saturated carbocycles. The first-order chi connectivity index (χ1) is 10.8. The molecule has 0 aromatic carbocycles. The highest BCUT2D eigenvalue weighted by Crippen LogP contribution is 2.27. The zero-order chi connectivity index (χ0) is 15.6. The minimum absolute atomic E-state index is 0.557. The molecule has 0 aliphatic heterocycles. The van der Waals surface area contributed by atoms with Gasteiger partial charge in [-0.25, -0.2) is 0 Å². The molecular weight excluding hydrogens is 314 g/mol. The van der Waals surface area contributed by atoms with Gasteiger partial charge in [-0.05, 0) is 43.9 Å². The number of rotatable bonds is 8. The lowest BCUT2D eigenvalue weighted by Gasteiger charge is -2.17. The van der Waals surface area contributed by atoms with Gasteiger partial charge < -0.3 is 15.1 Å². The summed E-state index contributed by atoms with van der Waals surface area (Å²) in [6, 6.07) is 4.50. The van der Waals surface area contributed by atoms with Crippen molar-refractivity contribution in [3.63, 3.8) is 0 Å². The summed E-state index contributed by atoms with van der Waals surface area (Å²) in [6.45, 7) is 1.70. The lowest BCUT2D eigenvalue weighted by Crippen LogP contribution is -2.43. The summed E-state index contributed by atoms with van der Waals surface area (Å²) < 4.78 is 5.37. The van der Waals surface area contributed by atoms with E-state index in [0.29, 0.717) is 6.04 Å². The van der Waals surface area contributed by atoms with Crippen LogP contribution < -0.4 is 10.6 Å². The molecule has 1 aromatic heterocycles. The Labute approximate surface area is 142 Å². The molecule has 4 nitrogen and oxygen atoms in total. The van der Waals surface area contributed by atoms with Gasteiger partial charge in [0, 0.05) is 30.0 Å². The maximum Gasteiger partial charge on any atom is 0.191 e. The number of nitrogens with one attached hydrogen (secondary N) is 2. The minimum Gasteiger partial charge on any atom is -0.469 e. The van der Waals surface area contributed by atoms with Crippen molar-refractivity contribution in [2.75, 3.05) is 31.4 Å². The molecule has 2 rings (SSSR count). The third kappa shape index (κ3) is 6.16. The molecule has 2 unspecified atom stereocenters. The molecule has 2 N–H and O–H groups in total. The zero-order valence-electron chi connectivity index (χ0n) is 13.5. The summed E-state index contributed by atoms with van der Waals surface area (Å²) in [5, 5.41) is 7.84. The van der Waals surface area contributed by atoms with Crippen molar-refractivity contribution in [2.45, 2.75) is 37.0 Å². The standard InChI is InChI=1S/C16H27N3OS2/c1-21-11-9-18-16(17-8-7-14-4-3-10-20-14)19-13-5-6-15(12-13)22-2/h3-4,10,13,15H,5-9,11-12H2,1-2H3,(H2,17,18,19). The molecule has 1 aliphatic rings. The van der Waals surface area contributed by atoms with E-state index in [1.807, 2.05) is 35.7 Å². The maximum absolute atomic E-state index is 5.37. The van der Waals surface area contributed by atoms with Crippen LogP contribution in [0, 0.1) is 0 Å². The molecule has 0 bridgehead atoms. The monoisotopic (exact) mass is 341 g/mol. The SMILES string of the molecule is CSCCN=C(NCCc1ccco1)NC1CCC(SC)C1. The van der Waals surface area contributed by atoms with Crippen LogP contribution in [0.2, 0.25) is 0 Å². The van der Waals surface area contributed by atoms with Gasteiger partial charge in [-0.2, -0.15) is 23.5 Å². The fraction of sp³-hybridized carbons (Fsp3) is 0.688. The molecule has 0 spiro atoms. The molecule has 124 valence electrons. The Morgan fingerprint density at radius 1 is 1.41 bits per heavy atom. The largest absolute Gasteiger partial charge is 0.469 e. The zero-order valence-corrected chi connectivity index (χ0v) is 15.1. The highest BCUT2D eigenvalue weighted by Gasteiger charge is 2.24. The van der Waals surface area contributed by atoms with Crippen LogP contribution in [-0.4, -0.2) is 48.6 Å². The van der Waals surface area contributed by atoms with Crippen LogP contribution in [0.15, 0.2) is 27.8 Å². The molecule has 1 heterocycles. The van der Waals surface area contributed by atoms with Gasteiger partial charge in [0.2, 0.25) is 0 Å². The summed E-state index contributed by atoms with van der Waals surface area (Å²) in [4.78, 5) is 4.68. The molecular formula is C16H27N3OS2. The number of aliphatic imine (C=N–C) groups is 1. The van der Waals surface area contributed by atoms with E-state index in [4.69, 9.17) is 4.42 Å². The highest BCUT2D eigenvalue weighted by molar-refractivity contribution is 7.99. The Morgan fingerprint density at radius 3 is 3.00 bits per heavy atom. The maximum atomic E-state index is 5.37. The molecule has 0 saturated heterocycles. The van der Waals surface area contributed by atoms with Crippen LogP contribution in [-0.2, 0) is 6.42 Å². The van der Waals surface area contributed by atoms with Crippen LogP contribution in [0.5, 0.6) is 0 Å². The van der Waals surface area contributed by atoms with Gasteiger partial charge in [0.1, 0.15) is 5.76 Å². The van der Waals surface area contributed by atoms with E-state index in [-0.39, 0.29) is 0 Å². The number of guanidine groups is 1. The minimum atomic E-state index is 0.557.